The van der Waals surface area contributed by atoms with Crippen LogP contribution in [0.5, 0.6) is 0 Å². The Morgan fingerprint density at radius 3 is 2.88 bits per heavy atom. The number of allylic oxidation sites excluding steroid dienone is 1. The minimum Gasteiger partial charge on any atom is -0.478 e. The summed E-state index contributed by atoms with van der Waals surface area (Å²) >= 11 is 0. The van der Waals surface area contributed by atoms with E-state index in [0.717, 1.165) is 18.3 Å². The van der Waals surface area contributed by atoms with Gasteiger partial charge in [0, 0.05) is 24.9 Å². The van der Waals surface area contributed by atoms with E-state index in [-0.39, 0.29) is 6.54 Å². The van der Waals surface area contributed by atoms with E-state index in [0.29, 0.717) is 0 Å². The molecule has 7 heteroatoms. The first-order chi connectivity index (χ1) is 7.50. The molecule has 1 rings (SSSR count). The minimum atomic E-state index is -1.10. The van der Waals surface area contributed by atoms with E-state index in [1.54, 1.807) is 0 Å². The normalized spacial score (nSPS) is 10.5. The van der Waals surface area contributed by atoms with E-state index >= 15 is 0 Å². The Kier molecular flexibility index (Phi) is 3.54. The monoisotopic (exact) mass is 224 g/mol. The lowest BCUT2D eigenvalue weighted by Crippen LogP contribution is -2.10. The minimum absolute atomic E-state index is 0.146. The number of nitrogens with zero attached hydrogens (tertiary/aromatic N) is 2. The Bertz CT molecular complexity index is 503. The van der Waals surface area contributed by atoms with Gasteiger partial charge in [-0.2, -0.15) is 0 Å². The van der Waals surface area contributed by atoms with Crippen molar-refractivity contribution in [3.8, 4) is 0 Å². The third kappa shape index (κ3) is 3.05. The van der Waals surface area contributed by atoms with Crippen molar-refractivity contribution in [1.82, 2.24) is 4.57 Å². The van der Waals surface area contributed by atoms with Gasteiger partial charge in [-0.05, 0) is 0 Å². The van der Waals surface area contributed by atoms with Gasteiger partial charge in [0.1, 0.15) is 0 Å². The number of carbonyl (C=O) groups is 1. The lowest BCUT2D eigenvalue weighted by atomic mass is 10.4. The van der Waals surface area contributed by atoms with E-state index in [1.807, 2.05) is 0 Å². The van der Waals surface area contributed by atoms with Gasteiger partial charge in [0.25, 0.3) is 5.43 Å². The van der Waals surface area contributed by atoms with Crippen molar-refractivity contribution < 1.29 is 14.8 Å². The number of hydrogen-bond acceptors (Lipinski definition) is 4. The molecule has 0 spiro atoms. The van der Waals surface area contributed by atoms with Crippen LogP contribution in [0.15, 0.2) is 35.4 Å². The molecule has 0 aliphatic carbocycles. The van der Waals surface area contributed by atoms with Crippen LogP contribution in [0.1, 0.15) is 0 Å². The maximum Gasteiger partial charge on any atom is 0.332 e. The van der Waals surface area contributed by atoms with Crippen LogP contribution >= 0.6 is 0 Å². The fourth-order valence-corrected chi connectivity index (χ4v) is 1.04. The lowest BCUT2D eigenvalue weighted by Gasteiger charge is -2.00. The predicted molar refractivity (Wildman–Crippen MR) is 54.1 cm³/mol. The van der Waals surface area contributed by atoms with Crippen LogP contribution in [-0.2, 0) is 11.3 Å². The van der Waals surface area contributed by atoms with Gasteiger partial charge < -0.3 is 9.67 Å². The summed E-state index contributed by atoms with van der Waals surface area (Å²) in [6.07, 6.45) is 4.65. The number of pyridine rings is 1. The van der Waals surface area contributed by atoms with E-state index in [9.17, 15) is 19.7 Å². The molecule has 0 aliphatic heterocycles. The summed E-state index contributed by atoms with van der Waals surface area (Å²) in [5.74, 6) is -1.10. The lowest BCUT2D eigenvalue weighted by molar-refractivity contribution is -0.386. The van der Waals surface area contributed by atoms with Crippen LogP contribution in [0, 0.1) is 10.1 Å². The smallest absolute Gasteiger partial charge is 0.332 e. The molecule has 1 aromatic rings. The number of nitro groups is 1. The molecule has 0 saturated carbocycles. The van der Waals surface area contributed by atoms with Gasteiger partial charge in [0.05, 0.1) is 11.1 Å². The maximum absolute atomic E-state index is 11.0. The van der Waals surface area contributed by atoms with Gasteiger partial charge in [-0.25, -0.2) is 4.79 Å². The Hall–Kier alpha value is -2.44. The number of aromatic nitrogens is 1. The summed E-state index contributed by atoms with van der Waals surface area (Å²) in [6.45, 7) is 0.146. The molecule has 0 bridgehead atoms. The summed E-state index contributed by atoms with van der Waals surface area (Å²) in [5, 5.41) is 18.8. The molecule has 0 atom stereocenters. The van der Waals surface area contributed by atoms with Gasteiger partial charge in [-0.15, -0.1) is 0 Å². The van der Waals surface area contributed by atoms with Crippen LogP contribution < -0.4 is 5.43 Å². The van der Waals surface area contributed by atoms with Crippen molar-refractivity contribution in [2.45, 2.75) is 6.54 Å². The molecule has 0 aromatic carbocycles. The molecule has 0 amide bonds. The Morgan fingerprint density at radius 2 is 2.31 bits per heavy atom. The van der Waals surface area contributed by atoms with Crippen LogP contribution in [0.3, 0.4) is 0 Å². The number of rotatable bonds is 4. The van der Waals surface area contributed by atoms with Gasteiger partial charge in [-0.1, -0.05) is 6.08 Å². The Morgan fingerprint density at radius 1 is 1.62 bits per heavy atom. The zero-order valence-corrected chi connectivity index (χ0v) is 8.07. The van der Waals surface area contributed by atoms with Crippen molar-refractivity contribution >= 4 is 11.7 Å². The molecule has 0 saturated heterocycles. The van der Waals surface area contributed by atoms with Crippen LogP contribution in [0.2, 0.25) is 0 Å². The molecule has 0 unspecified atom stereocenters. The number of hydrogen-bond donors (Lipinski definition) is 1. The molecular formula is C9H8N2O5. The van der Waals surface area contributed by atoms with Crippen molar-refractivity contribution in [3.63, 3.8) is 0 Å². The molecule has 1 heterocycles. The largest absolute Gasteiger partial charge is 0.478 e. The fourth-order valence-electron chi connectivity index (χ4n) is 1.04. The second-order valence-electron chi connectivity index (χ2n) is 2.89. The molecule has 0 fully saturated rings. The van der Waals surface area contributed by atoms with Gasteiger partial charge in [0.2, 0.25) is 0 Å². The first kappa shape index (κ1) is 11.6. The zero-order valence-electron chi connectivity index (χ0n) is 8.07. The predicted octanol–water partition coefficient (Wildman–Crippen LogP) is 0.397. The molecule has 7 nitrogen and oxygen atoms in total. The Labute approximate surface area is 89.4 Å². The fraction of sp³-hybridized carbons (Fsp3) is 0.111. The molecular weight excluding hydrogens is 216 g/mol. The van der Waals surface area contributed by atoms with E-state index in [4.69, 9.17) is 5.11 Å². The van der Waals surface area contributed by atoms with Gasteiger partial charge in [-0.3, -0.25) is 14.9 Å². The SMILES string of the molecule is O=C(O)/C=C/Cn1ccc(=O)c([N+](=O)[O-])c1. The van der Waals surface area contributed by atoms with Gasteiger partial charge in [0.15, 0.2) is 0 Å². The number of carboxylic acids is 1. The summed E-state index contributed by atoms with van der Waals surface area (Å²) in [5.41, 5.74) is -1.21. The van der Waals surface area contributed by atoms with Gasteiger partial charge >= 0.3 is 11.7 Å². The third-order valence-electron chi connectivity index (χ3n) is 1.73. The second-order valence-corrected chi connectivity index (χ2v) is 2.89. The van der Waals surface area contributed by atoms with Crippen LogP contribution in [-0.4, -0.2) is 20.6 Å². The average molecular weight is 224 g/mol. The summed E-state index contributed by atoms with van der Waals surface area (Å²) in [7, 11) is 0. The Balaban J connectivity index is 2.91. The zero-order chi connectivity index (χ0) is 12.1. The topological polar surface area (TPSA) is 102 Å². The average Bonchev–Trinajstić information content (AvgIpc) is 2.19. The van der Waals surface area contributed by atoms with E-state index in [1.165, 1.54) is 16.8 Å². The second kappa shape index (κ2) is 4.87. The third-order valence-corrected chi connectivity index (χ3v) is 1.73. The molecule has 1 N–H and O–H groups in total. The summed E-state index contributed by atoms with van der Waals surface area (Å²) < 4.78 is 1.35. The molecule has 1 aromatic heterocycles. The van der Waals surface area contributed by atoms with Crippen LogP contribution in [0.25, 0.3) is 0 Å². The van der Waals surface area contributed by atoms with Crippen molar-refractivity contribution in [3.05, 3.63) is 50.9 Å². The summed E-state index contributed by atoms with van der Waals surface area (Å²) in [6, 6.07) is 1.06. The van der Waals surface area contributed by atoms with Crippen LogP contribution in [0.4, 0.5) is 5.69 Å². The highest BCUT2D eigenvalue weighted by Gasteiger charge is 2.10. The maximum atomic E-state index is 11.0. The first-order valence-corrected chi connectivity index (χ1v) is 4.24. The molecule has 84 valence electrons. The number of aliphatic carboxylic acids is 1. The van der Waals surface area contributed by atoms with Crippen molar-refractivity contribution in [2.24, 2.45) is 0 Å². The highest BCUT2D eigenvalue weighted by Crippen LogP contribution is 2.02. The quantitative estimate of drug-likeness (QED) is 0.453. The van der Waals surface area contributed by atoms with E-state index in [2.05, 4.69) is 0 Å². The standard InChI is InChI=1S/C9H8N2O5/c12-8-3-5-10(4-1-2-9(13)14)6-7(8)11(15)16/h1-3,5-6H,4H2,(H,13,14)/b2-1+. The highest BCUT2D eigenvalue weighted by atomic mass is 16.6. The van der Waals surface area contributed by atoms with E-state index < -0.39 is 22.0 Å². The molecule has 16 heavy (non-hydrogen) atoms. The summed E-state index contributed by atoms with van der Waals surface area (Å²) in [4.78, 5) is 30.9. The number of carboxylic acid groups (broad SMARTS) is 1. The van der Waals surface area contributed by atoms with Crippen molar-refractivity contribution in [2.75, 3.05) is 0 Å². The molecule has 0 aliphatic rings. The highest BCUT2D eigenvalue weighted by molar-refractivity contribution is 5.79. The van der Waals surface area contributed by atoms with Crippen molar-refractivity contribution in [1.29, 1.82) is 0 Å². The first-order valence-electron chi connectivity index (χ1n) is 4.24. The molecule has 0 radical (unpaired) electrons.